The van der Waals surface area contributed by atoms with E-state index in [1.54, 1.807) is 24.0 Å². The standard InChI is InChI=1S/C11H15N5O2.C2H6/c1-14-11(17)9(15-2-4-18-5-3-15)10-13-6-8(12)7-16(10)14;1-2/h6-7H,2-5,12H2,1H3;1-2H3. The molecule has 2 aromatic rings. The summed E-state index contributed by atoms with van der Waals surface area (Å²) >= 11 is 0. The van der Waals surface area contributed by atoms with Crippen molar-refractivity contribution in [3.8, 4) is 0 Å². The van der Waals surface area contributed by atoms with E-state index in [1.165, 1.54) is 4.68 Å². The minimum atomic E-state index is -0.0602. The van der Waals surface area contributed by atoms with Crippen LogP contribution in [0.5, 0.6) is 0 Å². The summed E-state index contributed by atoms with van der Waals surface area (Å²) in [4.78, 5) is 18.6. The Kier molecular flexibility index (Phi) is 4.29. The van der Waals surface area contributed by atoms with Gasteiger partial charge in [-0.2, -0.15) is 0 Å². The Hall–Kier alpha value is -2.02. The first-order chi connectivity index (χ1) is 9.68. The van der Waals surface area contributed by atoms with Crippen LogP contribution in [0.3, 0.4) is 0 Å². The van der Waals surface area contributed by atoms with Crippen molar-refractivity contribution in [2.45, 2.75) is 13.8 Å². The maximum Gasteiger partial charge on any atom is 0.292 e. The quantitative estimate of drug-likeness (QED) is 0.821. The van der Waals surface area contributed by atoms with Crippen LogP contribution >= 0.6 is 0 Å². The summed E-state index contributed by atoms with van der Waals surface area (Å²) in [6.07, 6.45) is 3.27. The molecule has 20 heavy (non-hydrogen) atoms. The number of nitrogens with zero attached hydrogens (tertiary/aromatic N) is 4. The van der Waals surface area contributed by atoms with Gasteiger partial charge < -0.3 is 15.4 Å². The maximum absolute atomic E-state index is 12.3. The normalized spacial score (nSPS) is 15.1. The molecule has 0 amide bonds. The van der Waals surface area contributed by atoms with Gasteiger partial charge in [0.2, 0.25) is 0 Å². The van der Waals surface area contributed by atoms with Gasteiger partial charge in [0.25, 0.3) is 5.56 Å². The van der Waals surface area contributed by atoms with Crippen LogP contribution in [0.2, 0.25) is 0 Å². The van der Waals surface area contributed by atoms with E-state index in [-0.39, 0.29) is 5.56 Å². The molecule has 0 aromatic carbocycles. The second kappa shape index (κ2) is 5.96. The summed E-state index contributed by atoms with van der Waals surface area (Å²) in [5.41, 5.74) is 7.43. The molecule has 3 heterocycles. The number of nitrogen functional groups attached to an aromatic ring is 1. The number of ether oxygens (including phenoxy) is 1. The first-order valence-corrected chi connectivity index (χ1v) is 6.84. The molecule has 1 fully saturated rings. The van der Waals surface area contributed by atoms with Crippen LogP contribution in [-0.4, -0.2) is 40.5 Å². The minimum absolute atomic E-state index is 0.0602. The van der Waals surface area contributed by atoms with Gasteiger partial charge in [0.05, 0.1) is 31.3 Å². The maximum atomic E-state index is 12.3. The average Bonchev–Trinajstić information content (AvgIpc) is 2.74. The first kappa shape index (κ1) is 14.4. The fourth-order valence-corrected chi connectivity index (χ4v) is 2.24. The first-order valence-electron chi connectivity index (χ1n) is 6.84. The van der Waals surface area contributed by atoms with Gasteiger partial charge in [0.15, 0.2) is 5.65 Å². The van der Waals surface area contributed by atoms with Crippen molar-refractivity contribution in [2.24, 2.45) is 7.05 Å². The molecule has 0 spiro atoms. The topological polar surface area (TPSA) is 77.8 Å². The average molecular weight is 279 g/mol. The number of hydrogen-bond acceptors (Lipinski definition) is 5. The summed E-state index contributed by atoms with van der Waals surface area (Å²) in [5, 5.41) is 0. The van der Waals surface area contributed by atoms with Crippen LogP contribution in [0.4, 0.5) is 11.4 Å². The molecule has 1 aliphatic rings. The zero-order valence-corrected chi connectivity index (χ0v) is 12.2. The molecule has 1 aliphatic heterocycles. The summed E-state index contributed by atoms with van der Waals surface area (Å²) in [6.45, 7) is 6.69. The van der Waals surface area contributed by atoms with Gasteiger partial charge in [-0.15, -0.1) is 0 Å². The highest BCUT2D eigenvalue weighted by atomic mass is 16.5. The molecule has 7 nitrogen and oxygen atoms in total. The van der Waals surface area contributed by atoms with Gasteiger partial charge in [-0.05, 0) is 0 Å². The Morgan fingerprint density at radius 1 is 1.30 bits per heavy atom. The summed E-state index contributed by atoms with van der Waals surface area (Å²) in [6, 6.07) is 0. The van der Waals surface area contributed by atoms with Crippen molar-refractivity contribution in [2.75, 3.05) is 36.9 Å². The van der Waals surface area contributed by atoms with Gasteiger partial charge in [0, 0.05) is 20.1 Å². The Bertz CT molecular complexity index is 640. The Labute approximate surface area is 117 Å². The van der Waals surface area contributed by atoms with Crippen LogP contribution in [0.25, 0.3) is 5.65 Å². The van der Waals surface area contributed by atoms with Gasteiger partial charge >= 0.3 is 0 Å². The Morgan fingerprint density at radius 3 is 2.60 bits per heavy atom. The van der Waals surface area contributed by atoms with Crippen molar-refractivity contribution in [3.63, 3.8) is 0 Å². The minimum Gasteiger partial charge on any atom is -0.396 e. The fraction of sp³-hybridized carbons (Fsp3) is 0.538. The molecule has 0 unspecified atom stereocenters. The molecular formula is C13H21N5O2. The number of hydrogen-bond donors (Lipinski definition) is 1. The van der Waals surface area contributed by atoms with Crippen molar-refractivity contribution >= 4 is 17.0 Å². The zero-order valence-electron chi connectivity index (χ0n) is 12.2. The van der Waals surface area contributed by atoms with Crippen LogP contribution < -0.4 is 16.2 Å². The molecular weight excluding hydrogens is 258 g/mol. The smallest absolute Gasteiger partial charge is 0.292 e. The SMILES string of the molecule is CC.Cn1c(=O)c(N2CCOCC2)c2ncc(N)cn21. The van der Waals surface area contributed by atoms with Gasteiger partial charge in [-0.25, -0.2) is 14.2 Å². The number of fused-ring (bicyclic) bond motifs is 1. The molecule has 1 saturated heterocycles. The summed E-state index contributed by atoms with van der Waals surface area (Å²) < 4.78 is 8.50. The van der Waals surface area contributed by atoms with Crippen LogP contribution in [-0.2, 0) is 11.8 Å². The molecule has 0 bridgehead atoms. The molecule has 0 aliphatic carbocycles. The Morgan fingerprint density at radius 2 is 1.95 bits per heavy atom. The molecule has 0 atom stereocenters. The van der Waals surface area contributed by atoms with E-state index < -0.39 is 0 Å². The lowest BCUT2D eigenvalue weighted by atomic mass is 10.3. The third-order valence-corrected chi connectivity index (χ3v) is 3.18. The highest BCUT2D eigenvalue weighted by molar-refractivity contribution is 5.69. The van der Waals surface area contributed by atoms with Crippen molar-refractivity contribution in [1.82, 2.24) is 14.2 Å². The number of morpholine rings is 1. The monoisotopic (exact) mass is 279 g/mol. The number of aromatic nitrogens is 3. The van der Waals surface area contributed by atoms with Crippen molar-refractivity contribution in [1.29, 1.82) is 0 Å². The van der Waals surface area contributed by atoms with Gasteiger partial charge in [-0.3, -0.25) is 4.79 Å². The number of anilines is 2. The van der Waals surface area contributed by atoms with E-state index in [0.29, 0.717) is 43.3 Å². The summed E-state index contributed by atoms with van der Waals surface area (Å²) in [7, 11) is 1.71. The predicted molar refractivity (Wildman–Crippen MR) is 79.2 cm³/mol. The van der Waals surface area contributed by atoms with Gasteiger partial charge in [0.1, 0.15) is 5.69 Å². The van der Waals surface area contributed by atoms with E-state index in [0.717, 1.165) is 0 Å². The third kappa shape index (κ3) is 2.36. The molecule has 2 aromatic heterocycles. The fourth-order valence-electron chi connectivity index (χ4n) is 2.24. The van der Waals surface area contributed by atoms with E-state index >= 15 is 0 Å². The third-order valence-electron chi connectivity index (χ3n) is 3.18. The van der Waals surface area contributed by atoms with Crippen LogP contribution in [0, 0.1) is 0 Å². The zero-order chi connectivity index (χ0) is 14.7. The van der Waals surface area contributed by atoms with E-state index in [9.17, 15) is 4.79 Å². The predicted octanol–water partition coefficient (Wildman–Crippen LogP) is 0.478. The molecule has 0 saturated carbocycles. The van der Waals surface area contributed by atoms with Crippen LogP contribution in [0.15, 0.2) is 17.2 Å². The van der Waals surface area contributed by atoms with E-state index in [2.05, 4.69) is 4.98 Å². The van der Waals surface area contributed by atoms with Crippen LogP contribution in [0.1, 0.15) is 13.8 Å². The molecule has 7 heteroatoms. The summed E-state index contributed by atoms with van der Waals surface area (Å²) in [5.74, 6) is 0. The number of rotatable bonds is 1. The lowest BCUT2D eigenvalue weighted by Gasteiger charge is -2.26. The molecule has 2 N–H and O–H groups in total. The lowest BCUT2D eigenvalue weighted by molar-refractivity contribution is 0.122. The molecule has 3 rings (SSSR count). The van der Waals surface area contributed by atoms with Crippen molar-refractivity contribution in [3.05, 3.63) is 22.7 Å². The Balaban J connectivity index is 0.000000704. The number of aryl methyl sites for hydroxylation is 1. The molecule has 110 valence electrons. The highest BCUT2D eigenvalue weighted by Gasteiger charge is 2.21. The largest absolute Gasteiger partial charge is 0.396 e. The second-order valence-corrected chi connectivity index (χ2v) is 4.33. The number of nitrogens with two attached hydrogens (primary N) is 1. The second-order valence-electron chi connectivity index (χ2n) is 4.33. The van der Waals surface area contributed by atoms with E-state index in [1.807, 2.05) is 18.7 Å². The van der Waals surface area contributed by atoms with E-state index in [4.69, 9.17) is 10.5 Å². The van der Waals surface area contributed by atoms with Crippen molar-refractivity contribution < 1.29 is 4.74 Å². The highest BCUT2D eigenvalue weighted by Crippen LogP contribution is 2.18. The lowest BCUT2D eigenvalue weighted by Crippen LogP contribution is -2.39. The van der Waals surface area contributed by atoms with Gasteiger partial charge in [-0.1, -0.05) is 13.8 Å². The molecule has 0 radical (unpaired) electrons.